The van der Waals surface area contributed by atoms with E-state index in [0.717, 1.165) is 13.0 Å². The molecule has 1 heterocycles. The van der Waals surface area contributed by atoms with Crippen LogP contribution in [0.25, 0.3) is 0 Å². The first-order valence-corrected chi connectivity index (χ1v) is 6.46. The van der Waals surface area contributed by atoms with Crippen LogP contribution in [0.3, 0.4) is 0 Å². The van der Waals surface area contributed by atoms with E-state index in [4.69, 9.17) is 0 Å². The Bertz CT molecular complexity index is 230. The lowest BCUT2D eigenvalue weighted by atomic mass is 10.0. The maximum atomic E-state index is 11.8. The lowest BCUT2D eigenvalue weighted by Gasteiger charge is -2.25. The number of carbonyl (C=O) groups is 1. The van der Waals surface area contributed by atoms with E-state index in [9.17, 15) is 4.79 Å². The van der Waals surface area contributed by atoms with Crippen molar-refractivity contribution < 1.29 is 4.79 Å². The zero-order valence-electron chi connectivity index (χ0n) is 11.2. The van der Waals surface area contributed by atoms with Crippen molar-refractivity contribution in [3.05, 3.63) is 0 Å². The number of hydrogen-bond acceptors (Lipinski definition) is 3. The Balaban J connectivity index is 2.29. The predicted octanol–water partition coefficient (Wildman–Crippen LogP) is 1.63. The van der Waals surface area contributed by atoms with Gasteiger partial charge in [-0.1, -0.05) is 13.8 Å². The van der Waals surface area contributed by atoms with Crippen molar-refractivity contribution in [2.24, 2.45) is 5.92 Å². The van der Waals surface area contributed by atoms with Crippen molar-refractivity contribution in [2.45, 2.75) is 39.2 Å². The van der Waals surface area contributed by atoms with Crippen LogP contribution in [-0.2, 0) is 4.79 Å². The van der Waals surface area contributed by atoms with Crippen molar-refractivity contribution in [1.29, 1.82) is 0 Å². The van der Waals surface area contributed by atoms with Gasteiger partial charge in [-0.05, 0) is 39.9 Å². The lowest BCUT2D eigenvalue weighted by Crippen LogP contribution is -2.39. The molecule has 0 saturated carbocycles. The normalized spacial score (nSPS) is 23.9. The molecular weight excluding hydrogens is 200 g/mol. The van der Waals surface area contributed by atoms with Crippen LogP contribution in [0.4, 0.5) is 0 Å². The Morgan fingerprint density at radius 3 is 2.75 bits per heavy atom. The monoisotopic (exact) mass is 226 g/mol. The van der Waals surface area contributed by atoms with Crippen molar-refractivity contribution in [3.8, 4) is 0 Å². The topological polar surface area (TPSA) is 23.6 Å². The zero-order valence-corrected chi connectivity index (χ0v) is 11.2. The van der Waals surface area contributed by atoms with Crippen LogP contribution < -0.4 is 0 Å². The quantitative estimate of drug-likeness (QED) is 0.688. The molecule has 3 heteroatoms. The van der Waals surface area contributed by atoms with Crippen LogP contribution in [0.5, 0.6) is 0 Å². The van der Waals surface area contributed by atoms with Crippen LogP contribution in [-0.4, -0.2) is 55.4 Å². The average molecular weight is 226 g/mol. The second kappa shape index (κ2) is 6.36. The molecular formula is C13H26N2O. The fourth-order valence-corrected chi connectivity index (χ4v) is 2.28. The minimum atomic E-state index is 0.212. The van der Waals surface area contributed by atoms with E-state index in [2.05, 4.69) is 30.8 Å². The standard InChI is InChI=1S/C13H26N2O/c1-5-11(2)13(16)10-14(3)9-12-7-6-8-15(12)4/h11-12H,5-10H2,1-4H3. The third-order valence-electron chi connectivity index (χ3n) is 3.78. The summed E-state index contributed by atoms with van der Waals surface area (Å²) in [6, 6.07) is 0.648. The van der Waals surface area contributed by atoms with E-state index in [-0.39, 0.29) is 5.92 Å². The predicted molar refractivity (Wildman–Crippen MR) is 67.6 cm³/mol. The number of Topliss-reactive ketones (excluding diaryl/α,β-unsaturated/α-hetero) is 1. The Morgan fingerprint density at radius 2 is 2.25 bits per heavy atom. The highest BCUT2D eigenvalue weighted by atomic mass is 16.1. The molecule has 0 spiro atoms. The van der Waals surface area contributed by atoms with Crippen molar-refractivity contribution in [2.75, 3.05) is 33.7 Å². The van der Waals surface area contributed by atoms with E-state index in [1.165, 1.54) is 19.4 Å². The molecule has 0 aromatic rings. The summed E-state index contributed by atoms with van der Waals surface area (Å²) in [4.78, 5) is 16.4. The number of ketones is 1. The van der Waals surface area contributed by atoms with E-state index in [1.807, 2.05) is 6.92 Å². The van der Waals surface area contributed by atoms with Gasteiger partial charge in [0.05, 0.1) is 6.54 Å². The molecule has 0 radical (unpaired) electrons. The molecule has 1 fully saturated rings. The maximum Gasteiger partial charge on any atom is 0.149 e. The van der Waals surface area contributed by atoms with Crippen LogP contribution in [0.15, 0.2) is 0 Å². The van der Waals surface area contributed by atoms with Gasteiger partial charge in [-0.3, -0.25) is 9.69 Å². The Kier molecular flexibility index (Phi) is 5.42. The number of likely N-dealkylation sites (tertiary alicyclic amines) is 1. The van der Waals surface area contributed by atoms with Crippen molar-refractivity contribution in [3.63, 3.8) is 0 Å². The average Bonchev–Trinajstić information content (AvgIpc) is 2.63. The molecule has 1 aliphatic rings. The first-order valence-electron chi connectivity index (χ1n) is 6.46. The smallest absolute Gasteiger partial charge is 0.149 e. The Hall–Kier alpha value is -0.410. The molecule has 94 valence electrons. The summed E-state index contributed by atoms with van der Waals surface area (Å²) in [5.74, 6) is 0.592. The van der Waals surface area contributed by atoms with E-state index in [1.54, 1.807) is 0 Å². The fourth-order valence-electron chi connectivity index (χ4n) is 2.28. The molecule has 2 unspecified atom stereocenters. The number of rotatable bonds is 6. The summed E-state index contributed by atoms with van der Waals surface area (Å²) in [6.45, 7) is 6.95. The van der Waals surface area contributed by atoms with Crippen LogP contribution in [0.2, 0.25) is 0 Å². The SMILES string of the molecule is CCC(C)C(=O)CN(C)CC1CCCN1C. The van der Waals surface area contributed by atoms with E-state index >= 15 is 0 Å². The molecule has 2 atom stereocenters. The van der Waals surface area contributed by atoms with E-state index < -0.39 is 0 Å². The molecule has 0 aliphatic carbocycles. The molecule has 0 aromatic carbocycles. The number of carbonyl (C=O) groups excluding carboxylic acids is 1. The largest absolute Gasteiger partial charge is 0.302 e. The molecule has 3 nitrogen and oxygen atoms in total. The molecule has 0 aromatic heterocycles. The zero-order chi connectivity index (χ0) is 12.1. The number of nitrogens with zero attached hydrogens (tertiary/aromatic N) is 2. The minimum absolute atomic E-state index is 0.212. The van der Waals surface area contributed by atoms with Crippen LogP contribution in [0.1, 0.15) is 33.1 Å². The summed E-state index contributed by atoms with van der Waals surface area (Å²) in [5.41, 5.74) is 0. The number of hydrogen-bond donors (Lipinski definition) is 0. The highest BCUT2D eigenvalue weighted by Gasteiger charge is 2.23. The third-order valence-corrected chi connectivity index (χ3v) is 3.78. The third kappa shape index (κ3) is 3.87. The Labute approximate surface area is 99.8 Å². The highest BCUT2D eigenvalue weighted by Crippen LogP contribution is 2.15. The second-order valence-electron chi connectivity index (χ2n) is 5.25. The highest BCUT2D eigenvalue weighted by molar-refractivity contribution is 5.82. The molecule has 16 heavy (non-hydrogen) atoms. The summed E-state index contributed by atoms with van der Waals surface area (Å²) < 4.78 is 0. The van der Waals surface area contributed by atoms with Crippen LogP contribution >= 0.6 is 0 Å². The van der Waals surface area contributed by atoms with Gasteiger partial charge in [-0.15, -0.1) is 0 Å². The molecule has 1 rings (SSSR count). The summed E-state index contributed by atoms with van der Waals surface area (Å²) in [7, 11) is 4.24. The molecule has 0 bridgehead atoms. The molecule has 1 saturated heterocycles. The maximum absolute atomic E-state index is 11.8. The minimum Gasteiger partial charge on any atom is -0.302 e. The van der Waals surface area contributed by atoms with Gasteiger partial charge >= 0.3 is 0 Å². The van der Waals surface area contributed by atoms with Crippen molar-refractivity contribution in [1.82, 2.24) is 9.80 Å². The lowest BCUT2D eigenvalue weighted by molar-refractivity contribution is -0.123. The summed E-state index contributed by atoms with van der Waals surface area (Å²) in [6.07, 6.45) is 3.53. The first kappa shape index (κ1) is 13.7. The molecule has 0 N–H and O–H groups in total. The fraction of sp³-hybridized carbons (Fsp3) is 0.923. The van der Waals surface area contributed by atoms with Gasteiger partial charge in [-0.2, -0.15) is 0 Å². The summed E-state index contributed by atoms with van der Waals surface area (Å²) in [5, 5.41) is 0. The van der Waals surface area contributed by atoms with Gasteiger partial charge in [0.2, 0.25) is 0 Å². The molecule has 0 amide bonds. The first-order chi connectivity index (χ1) is 7.54. The van der Waals surface area contributed by atoms with Gasteiger partial charge in [0, 0.05) is 18.5 Å². The van der Waals surface area contributed by atoms with E-state index in [0.29, 0.717) is 18.4 Å². The van der Waals surface area contributed by atoms with Crippen LogP contribution in [0, 0.1) is 5.92 Å². The van der Waals surface area contributed by atoms with Gasteiger partial charge in [0.25, 0.3) is 0 Å². The van der Waals surface area contributed by atoms with Gasteiger partial charge < -0.3 is 4.90 Å². The number of likely N-dealkylation sites (N-methyl/N-ethyl adjacent to an activating group) is 2. The Morgan fingerprint density at radius 1 is 1.56 bits per heavy atom. The second-order valence-corrected chi connectivity index (χ2v) is 5.25. The van der Waals surface area contributed by atoms with Gasteiger partial charge in [-0.25, -0.2) is 0 Å². The van der Waals surface area contributed by atoms with Crippen molar-refractivity contribution >= 4 is 5.78 Å². The van der Waals surface area contributed by atoms with Gasteiger partial charge in [0.15, 0.2) is 0 Å². The van der Waals surface area contributed by atoms with Gasteiger partial charge in [0.1, 0.15) is 5.78 Å². The summed E-state index contributed by atoms with van der Waals surface area (Å²) >= 11 is 0. The molecule has 1 aliphatic heterocycles.